The summed E-state index contributed by atoms with van der Waals surface area (Å²) in [6.07, 6.45) is 2.33. The first-order valence-electron chi connectivity index (χ1n) is 5.49. The maximum absolute atomic E-state index is 11.8. The van der Waals surface area contributed by atoms with Gasteiger partial charge in [-0.3, -0.25) is 10.3 Å². The molecule has 0 spiro atoms. The Labute approximate surface area is 100 Å². The quantitative estimate of drug-likeness (QED) is 0.547. The molecule has 1 aromatic rings. The zero-order chi connectivity index (χ0) is 12.8. The number of rotatable bonds is 4. The fourth-order valence-corrected chi connectivity index (χ4v) is 1.22. The van der Waals surface area contributed by atoms with E-state index in [4.69, 9.17) is 15.6 Å². The Bertz CT molecular complexity index is 375. The third kappa shape index (κ3) is 3.82. The molecular weight excluding hydrogens is 220 g/mol. The van der Waals surface area contributed by atoms with E-state index in [1.807, 2.05) is 13.8 Å². The van der Waals surface area contributed by atoms with Gasteiger partial charge in [0, 0.05) is 6.04 Å². The lowest BCUT2D eigenvalue weighted by Crippen LogP contribution is -2.48. The average Bonchev–Trinajstić information content (AvgIpc) is 2.77. The minimum Gasteiger partial charge on any atom is -0.467 e. The molecule has 6 heteroatoms. The van der Waals surface area contributed by atoms with E-state index in [9.17, 15) is 4.79 Å². The Morgan fingerprint density at radius 2 is 2.41 bits per heavy atom. The SMILES string of the molecule is CCC(C)NC(=O)N(Cc1ccco1)C(=N)N. The van der Waals surface area contributed by atoms with E-state index >= 15 is 0 Å². The number of carbonyl (C=O) groups excluding carboxylic acids is 1. The molecule has 0 radical (unpaired) electrons. The maximum Gasteiger partial charge on any atom is 0.324 e. The van der Waals surface area contributed by atoms with Gasteiger partial charge in [-0.15, -0.1) is 0 Å². The van der Waals surface area contributed by atoms with E-state index in [1.54, 1.807) is 12.1 Å². The van der Waals surface area contributed by atoms with Gasteiger partial charge in [0.05, 0.1) is 12.8 Å². The van der Waals surface area contributed by atoms with Crippen molar-refractivity contribution in [3.63, 3.8) is 0 Å². The summed E-state index contributed by atoms with van der Waals surface area (Å²) < 4.78 is 5.12. The zero-order valence-corrected chi connectivity index (χ0v) is 10.1. The molecule has 1 rings (SSSR count). The van der Waals surface area contributed by atoms with Crippen molar-refractivity contribution in [3.05, 3.63) is 24.2 Å². The summed E-state index contributed by atoms with van der Waals surface area (Å²) in [7, 11) is 0. The van der Waals surface area contributed by atoms with Crippen LogP contribution < -0.4 is 11.1 Å². The van der Waals surface area contributed by atoms with Gasteiger partial charge in [-0.05, 0) is 25.5 Å². The normalized spacial score (nSPS) is 11.9. The third-order valence-corrected chi connectivity index (χ3v) is 2.41. The van der Waals surface area contributed by atoms with Crippen LogP contribution >= 0.6 is 0 Å². The Morgan fingerprint density at radius 3 is 2.88 bits per heavy atom. The molecule has 4 N–H and O–H groups in total. The van der Waals surface area contributed by atoms with Gasteiger partial charge < -0.3 is 15.5 Å². The van der Waals surface area contributed by atoms with Crippen molar-refractivity contribution in [2.75, 3.05) is 0 Å². The molecule has 0 fully saturated rings. The Balaban J connectivity index is 2.66. The number of carbonyl (C=O) groups is 1. The standard InChI is InChI=1S/C11H18N4O2/c1-3-8(2)14-11(16)15(10(12)13)7-9-5-4-6-17-9/h4-6,8H,3,7H2,1-2H3,(H3,12,13)(H,14,16). The van der Waals surface area contributed by atoms with Crippen molar-refractivity contribution >= 4 is 12.0 Å². The average molecular weight is 238 g/mol. The number of furan rings is 1. The highest BCUT2D eigenvalue weighted by molar-refractivity contribution is 5.93. The van der Waals surface area contributed by atoms with Gasteiger partial charge in [-0.1, -0.05) is 6.92 Å². The van der Waals surface area contributed by atoms with Crippen LogP contribution in [0.15, 0.2) is 22.8 Å². The second kappa shape index (κ2) is 5.93. The lowest BCUT2D eigenvalue weighted by atomic mass is 10.3. The lowest BCUT2D eigenvalue weighted by Gasteiger charge is -2.22. The second-order valence-corrected chi connectivity index (χ2v) is 3.81. The molecule has 6 nitrogen and oxygen atoms in total. The van der Waals surface area contributed by atoms with E-state index in [0.29, 0.717) is 5.76 Å². The molecule has 1 unspecified atom stereocenters. The molecule has 17 heavy (non-hydrogen) atoms. The molecule has 1 heterocycles. The van der Waals surface area contributed by atoms with E-state index in [1.165, 1.54) is 6.26 Å². The molecule has 0 aromatic carbocycles. The van der Waals surface area contributed by atoms with Crippen molar-refractivity contribution in [2.24, 2.45) is 5.73 Å². The number of guanidine groups is 1. The van der Waals surface area contributed by atoms with Crippen LogP contribution in [0.4, 0.5) is 4.79 Å². The van der Waals surface area contributed by atoms with E-state index in [0.717, 1.165) is 11.3 Å². The number of hydrogen-bond acceptors (Lipinski definition) is 3. The molecule has 0 aliphatic carbocycles. The molecule has 1 aromatic heterocycles. The molecule has 0 aliphatic heterocycles. The summed E-state index contributed by atoms with van der Waals surface area (Å²) >= 11 is 0. The van der Waals surface area contributed by atoms with Gasteiger partial charge in [0.25, 0.3) is 0 Å². The fourth-order valence-electron chi connectivity index (χ4n) is 1.22. The van der Waals surface area contributed by atoms with E-state index < -0.39 is 0 Å². The van der Waals surface area contributed by atoms with Crippen molar-refractivity contribution in [3.8, 4) is 0 Å². The molecule has 2 amide bonds. The van der Waals surface area contributed by atoms with Crippen molar-refractivity contribution < 1.29 is 9.21 Å². The summed E-state index contributed by atoms with van der Waals surface area (Å²) in [5.74, 6) is 0.279. The highest BCUT2D eigenvalue weighted by Gasteiger charge is 2.19. The van der Waals surface area contributed by atoms with Crippen LogP contribution in [0.25, 0.3) is 0 Å². The number of nitrogens with one attached hydrogen (secondary N) is 2. The van der Waals surface area contributed by atoms with Gasteiger partial charge in [0.2, 0.25) is 0 Å². The van der Waals surface area contributed by atoms with Gasteiger partial charge in [0.1, 0.15) is 5.76 Å². The van der Waals surface area contributed by atoms with Crippen LogP contribution in [0, 0.1) is 5.41 Å². The third-order valence-electron chi connectivity index (χ3n) is 2.41. The topological polar surface area (TPSA) is 95.4 Å². The number of nitrogens with zero attached hydrogens (tertiary/aromatic N) is 1. The summed E-state index contributed by atoms with van der Waals surface area (Å²) in [4.78, 5) is 13.0. The summed E-state index contributed by atoms with van der Waals surface area (Å²) in [6, 6.07) is 3.11. The van der Waals surface area contributed by atoms with Crippen LogP contribution in [0.1, 0.15) is 26.0 Å². The van der Waals surface area contributed by atoms with Crippen LogP contribution in [0.5, 0.6) is 0 Å². The monoisotopic (exact) mass is 238 g/mol. The van der Waals surface area contributed by atoms with Crippen molar-refractivity contribution in [1.82, 2.24) is 10.2 Å². The van der Waals surface area contributed by atoms with Crippen LogP contribution in [-0.4, -0.2) is 22.9 Å². The minimum absolute atomic E-state index is 0.0425. The highest BCUT2D eigenvalue weighted by atomic mass is 16.3. The number of urea groups is 1. The molecule has 0 bridgehead atoms. The van der Waals surface area contributed by atoms with E-state index in [-0.39, 0.29) is 24.6 Å². The number of nitrogens with two attached hydrogens (primary N) is 1. The predicted molar refractivity (Wildman–Crippen MR) is 64.4 cm³/mol. The van der Waals surface area contributed by atoms with Crippen LogP contribution in [0.2, 0.25) is 0 Å². The lowest BCUT2D eigenvalue weighted by molar-refractivity contribution is 0.212. The predicted octanol–water partition coefficient (Wildman–Crippen LogP) is 1.48. The molecular formula is C11H18N4O2. The minimum atomic E-state index is -0.386. The van der Waals surface area contributed by atoms with Crippen LogP contribution in [-0.2, 0) is 6.54 Å². The number of amides is 2. The van der Waals surface area contributed by atoms with Gasteiger partial charge in [0.15, 0.2) is 5.96 Å². The Hall–Kier alpha value is -1.98. The second-order valence-electron chi connectivity index (χ2n) is 3.81. The summed E-state index contributed by atoms with van der Waals surface area (Å²) in [5, 5.41) is 10.1. The Morgan fingerprint density at radius 1 is 1.71 bits per heavy atom. The van der Waals surface area contributed by atoms with Crippen molar-refractivity contribution in [1.29, 1.82) is 5.41 Å². The van der Waals surface area contributed by atoms with Gasteiger partial charge >= 0.3 is 6.03 Å². The first kappa shape index (κ1) is 13.1. The van der Waals surface area contributed by atoms with E-state index in [2.05, 4.69) is 5.32 Å². The molecule has 0 saturated carbocycles. The fraction of sp³-hybridized carbons (Fsp3) is 0.455. The molecule has 1 atom stereocenters. The smallest absolute Gasteiger partial charge is 0.324 e. The van der Waals surface area contributed by atoms with Crippen LogP contribution in [0.3, 0.4) is 0 Å². The summed E-state index contributed by atoms with van der Waals surface area (Å²) in [5.41, 5.74) is 5.38. The molecule has 0 aliphatic rings. The van der Waals surface area contributed by atoms with Crippen molar-refractivity contribution in [2.45, 2.75) is 32.9 Å². The number of hydrogen-bond donors (Lipinski definition) is 3. The first-order valence-corrected chi connectivity index (χ1v) is 5.49. The first-order chi connectivity index (χ1) is 8.04. The van der Waals surface area contributed by atoms with Gasteiger partial charge in [-0.2, -0.15) is 0 Å². The zero-order valence-electron chi connectivity index (χ0n) is 10.1. The largest absolute Gasteiger partial charge is 0.467 e. The Kier molecular flexibility index (Phi) is 4.56. The highest BCUT2D eigenvalue weighted by Crippen LogP contribution is 2.05. The summed E-state index contributed by atoms with van der Waals surface area (Å²) in [6.45, 7) is 4.02. The van der Waals surface area contributed by atoms with Gasteiger partial charge in [-0.25, -0.2) is 4.79 Å². The molecule has 94 valence electrons. The molecule has 0 saturated heterocycles. The maximum atomic E-state index is 11.8.